The van der Waals surface area contributed by atoms with Gasteiger partial charge in [0.25, 0.3) is 0 Å². The molecule has 152 valence electrons. The fraction of sp³-hybridized carbons (Fsp3) is 0.476. The molecule has 7 heteroatoms. The van der Waals surface area contributed by atoms with Crippen molar-refractivity contribution >= 4 is 34.7 Å². The lowest BCUT2D eigenvalue weighted by atomic mass is 10.1. The number of nitrogens with one attached hydrogen (secondary N) is 1. The standard InChI is InChI=1S/C21H29ClN4OS/c1-3-24(4-2)20(17-9-14-28-16-17)15-23-21(27)26-12-10-25(11-13-26)19-8-6-5-7-18(19)22/h5-9,14,16,20H,3-4,10-13,15H2,1-2H3,(H,23,27). The van der Waals surface area contributed by atoms with E-state index in [1.807, 2.05) is 29.2 Å². The van der Waals surface area contributed by atoms with E-state index >= 15 is 0 Å². The average Bonchev–Trinajstić information content (AvgIpc) is 3.26. The molecule has 2 heterocycles. The maximum absolute atomic E-state index is 12.7. The first-order chi connectivity index (χ1) is 13.6. The van der Waals surface area contributed by atoms with Crippen LogP contribution in [0.2, 0.25) is 5.02 Å². The number of urea groups is 1. The molecular formula is C21H29ClN4OS. The topological polar surface area (TPSA) is 38.8 Å². The SMILES string of the molecule is CCN(CC)C(CNC(=O)N1CCN(c2ccccc2Cl)CC1)c1ccsc1. The zero-order valence-electron chi connectivity index (χ0n) is 16.6. The van der Waals surface area contributed by atoms with Crippen LogP contribution in [-0.2, 0) is 0 Å². The van der Waals surface area contributed by atoms with Crippen molar-refractivity contribution in [1.29, 1.82) is 0 Å². The van der Waals surface area contributed by atoms with Gasteiger partial charge in [-0.05, 0) is 47.6 Å². The van der Waals surface area contributed by atoms with Gasteiger partial charge in [-0.2, -0.15) is 11.3 Å². The summed E-state index contributed by atoms with van der Waals surface area (Å²) >= 11 is 8.01. The summed E-state index contributed by atoms with van der Waals surface area (Å²) in [4.78, 5) is 19.3. The Morgan fingerprint density at radius 2 is 1.89 bits per heavy atom. The molecule has 1 aliphatic heterocycles. The molecule has 1 fully saturated rings. The number of anilines is 1. The van der Waals surface area contributed by atoms with Gasteiger partial charge in [-0.3, -0.25) is 4.90 Å². The smallest absolute Gasteiger partial charge is 0.317 e. The minimum atomic E-state index is 0.0196. The predicted octanol–water partition coefficient (Wildman–Crippen LogP) is 4.32. The van der Waals surface area contributed by atoms with Crippen LogP contribution in [0.5, 0.6) is 0 Å². The fourth-order valence-electron chi connectivity index (χ4n) is 3.74. The van der Waals surface area contributed by atoms with Crippen LogP contribution in [0.25, 0.3) is 0 Å². The van der Waals surface area contributed by atoms with Crippen molar-refractivity contribution in [3.05, 3.63) is 51.7 Å². The molecule has 3 rings (SSSR count). The van der Waals surface area contributed by atoms with E-state index in [1.165, 1.54) is 5.56 Å². The van der Waals surface area contributed by atoms with Gasteiger partial charge in [0.2, 0.25) is 0 Å². The number of hydrogen-bond donors (Lipinski definition) is 1. The Bertz CT molecular complexity index is 743. The summed E-state index contributed by atoms with van der Waals surface area (Å²) in [5.41, 5.74) is 2.32. The number of benzene rings is 1. The molecule has 0 radical (unpaired) electrons. The van der Waals surface area contributed by atoms with E-state index in [9.17, 15) is 4.79 Å². The van der Waals surface area contributed by atoms with E-state index in [1.54, 1.807) is 11.3 Å². The molecule has 1 unspecified atom stereocenters. The predicted molar refractivity (Wildman–Crippen MR) is 119 cm³/mol. The van der Waals surface area contributed by atoms with Crippen LogP contribution < -0.4 is 10.2 Å². The minimum absolute atomic E-state index is 0.0196. The van der Waals surface area contributed by atoms with Crippen LogP contribution >= 0.6 is 22.9 Å². The molecule has 1 aromatic heterocycles. The molecule has 0 spiro atoms. The molecule has 28 heavy (non-hydrogen) atoms. The number of carbonyl (C=O) groups is 1. The highest BCUT2D eigenvalue weighted by Gasteiger charge is 2.24. The molecule has 5 nitrogen and oxygen atoms in total. The summed E-state index contributed by atoms with van der Waals surface area (Å²) in [6, 6.07) is 10.3. The normalized spacial score (nSPS) is 15.7. The van der Waals surface area contributed by atoms with E-state index in [2.05, 4.69) is 45.8 Å². The van der Waals surface area contributed by atoms with Crippen LogP contribution in [0, 0.1) is 0 Å². The van der Waals surface area contributed by atoms with Crippen molar-refractivity contribution < 1.29 is 4.79 Å². The number of likely N-dealkylation sites (N-methyl/N-ethyl adjacent to an activating group) is 1. The van der Waals surface area contributed by atoms with Gasteiger partial charge in [-0.25, -0.2) is 4.79 Å². The maximum Gasteiger partial charge on any atom is 0.317 e. The van der Waals surface area contributed by atoms with Crippen molar-refractivity contribution in [1.82, 2.24) is 15.1 Å². The third kappa shape index (κ3) is 4.99. The largest absolute Gasteiger partial charge is 0.367 e. The number of hydrogen-bond acceptors (Lipinski definition) is 4. The quantitative estimate of drug-likeness (QED) is 0.725. The number of piperazine rings is 1. The molecule has 1 aliphatic rings. The number of para-hydroxylation sites is 1. The van der Waals surface area contributed by atoms with Crippen molar-refractivity contribution in [2.45, 2.75) is 19.9 Å². The van der Waals surface area contributed by atoms with Crippen molar-refractivity contribution in [2.24, 2.45) is 0 Å². The summed E-state index contributed by atoms with van der Waals surface area (Å²) in [7, 11) is 0. The van der Waals surface area contributed by atoms with Crippen LogP contribution in [0.4, 0.5) is 10.5 Å². The third-order valence-corrected chi connectivity index (χ3v) is 6.41. The summed E-state index contributed by atoms with van der Waals surface area (Å²) in [5, 5.41) is 8.20. The number of thiophene rings is 1. The van der Waals surface area contributed by atoms with Crippen LogP contribution in [-0.4, -0.2) is 61.6 Å². The lowest BCUT2D eigenvalue weighted by Gasteiger charge is -2.37. The third-order valence-electron chi connectivity index (χ3n) is 5.39. The first kappa shape index (κ1) is 21.0. The number of halogens is 1. The molecule has 1 aromatic carbocycles. The average molecular weight is 421 g/mol. The fourth-order valence-corrected chi connectivity index (χ4v) is 4.70. The van der Waals surface area contributed by atoms with Crippen LogP contribution in [0.15, 0.2) is 41.1 Å². The number of rotatable bonds is 7. The Kier molecular flexibility index (Phi) is 7.59. The Labute approximate surface area is 176 Å². The van der Waals surface area contributed by atoms with Crippen LogP contribution in [0.1, 0.15) is 25.5 Å². The van der Waals surface area contributed by atoms with Crippen molar-refractivity contribution in [2.75, 3.05) is 50.7 Å². The molecule has 1 saturated heterocycles. The van der Waals surface area contributed by atoms with Crippen molar-refractivity contribution in [3.63, 3.8) is 0 Å². The van der Waals surface area contributed by atoms with Gasteiger partial charge in [-0.15, -0.1) is 0 Å². The van der Waals surface area contributed by atoms with E-state index < -0.39 is 0 Å². The zero-order valence-corrected chi connectivity index (χ0v) is 18.2. The Morgan fingerprint density at radius 1 is 1.18 bits per heavy atom. The van der Waals surface area contributed by atoms with Gasteiger partial charge in [0.05, 0.1) is 16.8 Å². The summed E-state index contributed by atoms with van der Waals surface area (Å²) in [5.74, 6) is 0. The minimum Gasteiger partial charge on any atom is -0.367 e. The second kappa shape index (κ2) is 10.1. The first-order valence-corrected chi connectivity index (χ1v) is 11.2. The number of amides is 2. The number of nitrogens with zero attached hydrogens (tertiary/aromatic N) is 3. The Hall–Kier alpha value is -1.76. The second-order valence-electron chi connectivity index (χ2n) is 6.91. The highest BCUT2D eigenvalue weighted by Crippen LogP contribution is 2.26. The van der Waals surface area contributed by atoms with E-state index in [4.69, 9.17) is 11.6 Å². The Balaban J connectivity index is 1.54. The molecular weight excluding hydrogens is 392 g/mol. The summed E-state index contributed by atoms with van der Waals surface area (Å²) in [6.07, 6.45) is 0. The van der Waals surface area contributed by atoms with E-state index in [-0.39, 0.29) is 12.1 Å². The van der Waals surface area contributed by atoms with Gasteiger partial charge in [-0.1, -0.05) is 37.6 Å². The maximum atomic E-state index is 12.7. The van der Waals surface area contributed by atoms with E-state index in [0.717, 1.165) is 36.9 Å². The van der Waals surface area contributed by atoms with Gasteiger partial charge < -0.3 is 15.1 Å². The molecule has 1 N–H and O–H groups in total. The second-order valence-corrected chi connectivity index (χ2v) is 8.09. The van der Waals surface area contributed by atoms with E-state index in [0.29, 0.717) is 19.6 Å². The lowest BCUT2D eigenvalue weighted by molar-refractivity contribution is 0.180. The Morgan fingerprint density at radius 3 is 2.50 bits per heavy atom. The number of carbonyl (C=O) groups excluding carboxylic acids is 1. The molecule has 2 aromatic rings. The summed E-state index contributed by atoms with van der Waals surface area (Å²) in [6.45, 7) is 9.87. The monoisotopic (exact) mass is 420 g/mol. The highest BCUT2D eigenvalue weighted by molar-refractivity contribution is 7.08. The molecule has 0 aliphatic carbocycles. The first-order valence-electron chi connectivity index (χ1n) is 9.92. The molecule has 2 amide bonds. The van der Waals surface area contributed by atoms with Crippen LogP contribution in [0.3, 0.4) is 0 Å². The van der Waals surface area contributed by atoms with Crippen molar-refractivity contribution in [3.8, 4) is 0 Å². The summed E-state index contributed by atoms with van der Waals surface area (Å²) < 4.78 is 0. The molecule has 1 atom stereocenters. The lowest BCUT2D eigenvalue weighted by Crippen LogP contribution is -2.53. The highest BCUT2D eigenvalue weighted by atomic mass is 35.5. The van der Waals surface area contributed by atoms with Gasteiger partial charge >= 0.3 is 6.03 Å². The zero-order chi connectivity index (χ0) is 19.9. The molecule has 0 saturated carbocycles. The van der Waals surface area contributed by atoms with Gasteiger partial charge in [0.1, 0.15) is 0 Å². The molecule has 0 bridgehead atoms. The van der Waals surface area contributed by atoms with Gasteiger partial charge in [0, 0.05) is 32.7 Å². The van der Waals surface area contributed by atoms with Gasteiger partial charge in [0.15, 0.2) is 0 Å².